The lowest BCUT2D eigenvalue weighted by Gasteiger charge is -2.27. The average Bonchev–Trinajstić information content (AvgIpc) is 3.30. The summed E-state index contributed by atoms with van der Waals surface area (Å²) >= 11 is 16.7. The molecule has 2 aromatic heterocycles. The van der Waals surface area contributed by atoms with Gasteiger partial charge in [-0.3, -0.25) is 0 Å². The van der Waals surface area contributed by atoms with Gasteiger partial charge < -0.3 is 23.9 Å². The molecule has 1 unspecified atom stereocenters. The highest BCUT2D eigenvalue weighted by atomic mass is 35.5. The minimum absolute atomic E-state index is 0.0602. The van der Waals surface area contributed by atoms with Crippen molar-refractivity contribution >= 4 is 46.9 Å². The molecule has 2 fully saturated rings. The van der Waals surface area contributed by atoms with E-state index in [2.05, 4.69) is 22.6 Å². The molecule has 4 rings (SSSR count). The second-order valence-corrected chi connectivity index (χ2v) is 9.39. The molecule has 0 amide bonds. The third-order valence-electron chi connectivity index (χ3n) is 5.07. The highest BCUT2D eigenvalue weighted by Crippen LogP contribution is 2.45. The molecule has 10 heteroatoms. The fourth-order valence-electron chi connectivity index (χ4n) is 3.80. The Morgan fingerprint density at radius 2 is 2.10 bits per heavy atom. The Balaban J connectivity index is 1.67. The van der Waals surface area contributed by atoms with Gasteiger partial charge in [0, 0.05) is 16.5 Å². The van der Waals surface area contributed by atoms with Crippen molar-refractivity contribution in [3.8, 4) is 0 Å². The van der Waals surface area contributed by atoms with Crippen LogP contribution in [0.4, 0.5) is 0 Å². The second kappa shape index (κ2) is 8.00. The first-order chi connectivity index (χ1) is 13.7. The third-order valence-corrected chi connectivity index (χ3v) is 5.99. The number of hydrogen-bond donors (Lipinski definition) is 2. The first-order valence-electron chi connectivity index (χ1n) is 9.37. The summed E-state index contributed by atoms with van der Waals surface area (Å²) in [6, 6.07) is 1.83. The van der Waals surface area contributed by atoms with Crippen molar-refractivity contribution in [3.63, 3.8) is 0 Å². The monoisotopic (exact) mass is 459 g/mol. The molecule has 2 aliphatic rings. The summed E-state index contributed by atoms with van der Waals surface area (Å²) < 4.78 is 20.3. The molecular formula is C19H23Cl2N3O4S. The number of ether oxygens (including phenoxy) is 3. The van der Waals surface area contributed by atoms with E-state index in [9.17, 15) is 5.11 Å². The van der Waals surface area contributed by atoms with E-state index in [0.29, 0.717) is 27.5 Å². The lowest BCUT2D eigenvalue weighted by Crippen LogP contribution is -2.38. The van der Waals surface area contributed by atoms with Crippen LogP contribution in [0, 0.1) is 0 Å². The summed E-state index contributed by atoms with van der Waals surface area (Å²) in [5.41, 5.74) is 0.620. The maximum atomic E-state index is 10.9. The van der Waals surface area contributed by atoms with Crippen LogP contribution < -0.4 is 0 Å². The van der Waals surface area contributed by atoms with E-state index in [1.807, 2.05) is 37.6 Å². The first-order valence-corrected chi connectivity index (χ1v) is 10.6. The molecule has 29 heavy (non-hydrogen) atoms. The molecule has 6 atom stereocenters. The summed E-state index contributed by atoms with van der Waals surface area (Å²) in [5, 5.41) is 11.9. The molecule has 2 aliphatic heterocycles. The fraction of sp³-hybridized carbons (Fsp3) is 0.579. The summed E-state index contributed by atoms with van der Waals surface area (Å²) in [4.78, 5) is 8.84. The molecule has 7 nitrogen and oxygen atoms in total. The molecule has 0 radical (unpaired) electrons. The highest BCUT2D eigenvalue weighted by Gasteiger charge is 2.58. The van der Waals surface area contributed by atoms with Crippen LogP contribution in [0.1, 0.15) is 33.4 Å². The zero-order chi connectivity index (χ0) is 20.9. The molecule has 158 valence electrons. The number of aliphatic hydroxyl groups is 1. The smallest absolute Gasteiger partial charge is 0.164 e. The van der Waals surface area contributed by atoms with Gasteiger partial charge in [0.2, 0.25) is 0 Å². The van der Waals surface area contributed by atoms with Crippen molar-refractivity contribution in [2.45, 2.75) is 69.0 Å². The molecule has 0 aliphatic carbocycles. The van der Waals surface area contributed by atoms with E-state index < -0.39 is 36.4 Å². The number of allylic oxidation sites excluding steroid dienone is 1. The van der Waals surface area contributed by atoms with Gasteiger partial charge in [0.1, 0.15) is 41.5 Å². The summed E-state index contributed by atoms with van der Waals surface area (Å²) in [6.07, 6.45) is 2.47. The largest absolute Gasteiger partial charge is 0.385 e. The van der Waals surface area contributed by atoms with Gasteiger partial charge in [-0.25, -0.2) is 9.97 Å². The van der Waals surface area contributed by atoms with Crippen LogP contribution in [-0.4, -0.2) is 55.2 Å². The van der Waals surface area contributed by atoms with Crippen LogP contribution in [0.15, 0.2) is 29.6 Å². The minimum Gasteiger partial charge on any atom is -0.385 e. The normalized spacial score (nSPS) is 31.2. The van der Waals surface area contributed by atoms with Crippen LogP contribution >= 0.6 is 35.8 Å². The van der Waals surface area contributed by atoms with Crippen molar-refractivity contribution in [2.75, 3.05) is 0 Å². The van der Waals surface area contributed by atoms with E-state index in [0.717, 1.165) is 0 Å². The van der Waals surface area contributed by atoms with Gasteiger partial charge in [-0.2, -0.15) is 0 Å². The fourth-order valence-corrected chi connectivity index (χ4v) is 4.34. The Morgan fingerprint density at radius 1 is 1.38 bits per heavy atom. The Morgan fingerprint density at radius 3 is 2.83 bits per heavy atom. The number of aliphatic hydroxyl groups excluding tert-OH is 1. The third kappa shape index (κ3) is 4.04. The van der Waals surface area contributed by atoms with Crippen molar-refractivity contribution in [3.05, 3.63) is 34.7 Å². The second-order valence-electron chi connectivity index (χ2n) is 7.77. The van der Waals surface area contributed by atoms with E-state index in [1.54, 1.807) is 6.08 Å². The molecular weight excluding hydrogens is 437 g/mol. The molecule has 4 heterocycles. The number of alkyl halides is 1. The zero-order valence-electron chi connectivity index (χ0n) is 16.2. The van der Waals surface area contributed by atoms with Crippen LogP contribution in [0.2, 0.25) is 5.15 Å². The summed E-state index contributed by atoms with van der Waals surface area (Å²) in [7, 11) is 0. The van der Waals surface area contributed by atoms with Crippen LogP contribution in [-0.2, 0) is 14.2 Å². The lowest BCUT2D eigenvalue weighted by atomic mass is 10.0. The van der Waals surface area contributed by atoms with Crippen LogP contribution in [0.3, 0.4) is 0 Å². The Kier molecular flexibility index (Phi) is 5.89. The van der Waals surface area contributed by atoms with Crippen molar-refractivity contribution in [1.29, 1.82) is 0 Å². The van der Waals surface area contributed by atoms with Crippen molar-refractivity contribution < 1.29 is 19.3 Å². The summed E-state index contributed by atoms with van der Waals surface area (Å²) in [6.45, 7) is 5.56. The molecule has 2 aromatic rings. The number of halogens is 2. The maximum absolute atomic E-state index is 10.9. The van der Waals surface area contributed by atoms with E-state index in [1.165, 1.54) is 6.33 Å². The molecule has 0 saturated carbocycles. The number of fused-ring (bicyclic) bond motifs is 2. The molecule has 2 saturated heterocycles. The Labute approximate surface area is 184 Å². The molecule has 0 aromatic carbocycles. The number of thiol groups is 1. The predicted molar refractivity (Wildman–Crippen MR) is 113 cm³/mol. The number of aromatic nitrogens is 3. The average molecular weight is 460 g/mol. The van der Waals surface area contributed by atoms with Crippen LogP contribution in [0.5, 0.6) is 0 Å². The van der Waals surface area contributed by atoms with E-state index >= 15 is 0 Å². The standard InChI is InChI=1S/C19H23Cl2N3O4S/c1-9(20)4-5-11(29)12(25)13-14-15(28-19(2,3)27-14)18(26-13)24-7-6-10-16(21)22-8-23-17(10)24/h5-9,12-15,18,25,29H,4H2,1-3H3/b11-5-/t9?,12-,13+,14+,15+,18+/m0/s1. The lowest BCUT2D eigenvalue weighted by molar-refractivity contribution is -0.204. The topological polar surface area (TPSA) is 78.6 Å². The van der Waals surface area contributed by atoms with Gasteiger partial charge in [0.05, 0.1) is 5.39 Å². The SMILES string of the molecule is CC(Cl)C/C=C(\S)[C@H](O)[C@H]1O[C@@H](n2ccc3c(Cl)ncnc32)[C@@H]2OC(C)(C)O[C@@H]21. The Hall–Kier alpha value is -0.870. The predicted octanol–water partition coefficient (Wildman–Crippen LogP) is 3.69. The van der Waals surface area contributed by atoms with Gasteiger partial charge >= 0.3 is 0 Å². The number of rotatable bonds is 5. The van der Waals surface area contributed by atoms with Crippen LogP contribution in [0.25, 0.3) is 11.0 Å². The maximum Gasteiger partial charge on any atom is 0.164 e. The molecule has 1 N–H and O–H groups in total. The minimum atomic E-state index is -0.983. The van der Waals surface area contributed by atoms with Gasteiger partial charge in [0.15, 0.2) is 12.0 Å². The van der Waals surface area contributed by atoms with Crippen molar-refractivity contribution in [1.82, 2.24) is 14.5 Å². The first kappa shape index (κ1) is 21.4. The quantitative estimate of drug-likeness (QED) is 0.403. The summed E-state index contributed by atoms with van der Waals surface area (Å²) in [5.74, 6) is -0.809. The Bertz CT molecular complexity index is 935. The van der Waals surface area contributed by atoms with E-state index in [-0.39, 0.29) is 5.38 Å². The highest BCUT2D eigenvalue weighted by molar-refractivity contribution is 7.84. The molecule has 0 spiro atoms. The number of nitrogens with zero attached hydrogens (tertiary/aromatic N) is 3. The molecule has 0 bridgehead atoms. The van der Waals surface area contributed by atoms with Crippen molar-refractivity contribution in [2.24, 2.45) is 0 Å². The van der Waals surface area contributed by atoms with Gasteiger partial charge in [-0.15, -0.1) is 24.2 Å². The van der Waals surface area contributed by atoms with Gasteiger partial charge in [-0.05, 0) is 33.3 Å². The zero-order valence-corrected chi connectivity index (χ0v) is 18.6. The number of hydrogen-bond acceptors (Lipinski definition) is 7. The van der Waals surface area contributed by atoms with E-state index in [4.69, 9.17) is 37.4 Å². The van der Waals surface area contributed by atoms with Gasteiger partial charge in [-0.1, -0.05) is 17.7 Å². The van der Waals surface area contributed by atoms with Gasteiger partial charge in [0.25, 0.3) is 0 Å².